The molecule has 1 amide bonds. The van der Waals surface area contributed by atoms with Gasteiger partial charge in [0.25, 0.3) is 0 Å². The molecule has 0 spiro atoms. The topological polar surface area (TPSA) is 55.1 Å². The molecule has 0 saturated heterocycles. The zero-order valence-electron chi connectivity index (χ0n) is 10.1. The van der Waals surface area contributed by atoms with Gasteiger partial charge in [0.15, 0.2) is 0 Å². The van der Waals surface area contributed by atoms with Crippen molar-refractivity contribution in [3.63, 3.8) is 0 Å². The minimum atomic E-state index is -4.38. The van der Waals surface area contributed by atoms with Gasteiger partial charge in [0.1, 0.15) is 6.04 Å². The molecule has 1 rings (SSSR count). The number of carbonyl (C=O) groups is 1. The number of carbonyl (C=O) groups excluding carboxylic acids is 1. The van der Waals surface area contributed by atoms with E-state index in [0.29, 0.717) is 5.56 Å². The average molecular weight is 260 g/mol. The molecule has 0 radical (unpaired) electrons. The van der Waals surface area contributed by atoms with Crippen LogP contribution in [-0.4, -0.2) is 18.6 Å². The van der Waals surface area contributed by atoms with E-state index in [2.05, 4.69) is 5.32 Å². The molecule has 3 nitrogen and oxygen atoms in total. The number of nitrogens with one attached hydrogen (secondary N) is 1. The van der Waals surface area contributed by atoms with Crippen LogP contribution in [0.2, 0.25) is 0 Å². The van der Waals surface area contributed by atoms with Gasteiger partial charge in [-0.15, -0.1) is 0 Å². The molecule has 0 aromatic heterocycles. The fourth-order valence-corrected chi connectivity index (χ4v) is 1.67. The Labute approximate surface area is 103 Å². The van der Waals surface area contributed by atoms with Crippen molar-refractivity contribution in [2.24, 2.45) is 5.73 Å². The largest absolute Gasteiger partial charge is 0.401 e. The molecule has 1 aromatic carbocycles. The maximum atomic E-state index is 12.2. The highest BCUT2D eigenvalue weighted by atomic mass is 19.4. The lowest BCUT2D eigenvalue weighted by Crippen LogP contribution is -2.39. The molecule has 18 heavy (non-hydrogen) atoms. The lowest BCUT2D eigenvalue weighted by molar-refractivity contribution is -0.130. The van der Waals surface area contributed by atoms with Crippen molar-refractivity contribution < 1.29 is 18.0 Å². The maximum absolute atomic E-state index is 12.2. The number of hydrogen-bond donors (Lipinski definition) is 2. The number of benzene rings is 1. The summed E-state index contributed by atoms with van der Waals surface area (Å²) in [4.78, 5) is 11.3. The number of halogens is 3. The Balaban J connectivity index is 2.99. The lowest BCUT2D eigenvalue weighted by Gasteiger charge is -2.19. The average Bonchev–Trinajstić information content (AvgIpc) is 2.22. The summed E-state index contributed by atoms with van der Waals surface area (Å²) in [5, 5.41) is 2.14. The number of nitrogens with two attached hydrogens (primary N) is 1. The van der Waals surface area contributed by atoms with Gasteiger partial charge in [-0.2, -0.15) is 13.2 Å². The molecule has 0 aliphatic carbocycles. The molecule has 0 aliphatic rings. The summed E-state index contributed by atoms with van der Waals surface area (Å²) in [5.74, 6) is -0.826. The Morgan fingerprint density at radius 1 is 1.39 bits per heavy atom. The van der Waals surface area contributed by atoms with Gasteiger partial charge in [-0.05, 0) is 30.5 Å². The van der Waals surface area contributed by atoms with E-state index in [9.17, 15) is 18.0 Å². The van der Waals surface area contributed by atoms with Gasteiger partial charge in [0, 0.05) is 0 Å². The summed E-state index contributed by atoms with van der Waals surface area (Å²) in [5.41, 5.74) is 7.28. The standard InChI is InChI=1S/C12H15F3N2O/c1-7-4-3-5-9(8(7)2)10(11(16)18)17-6-12(13,14)15/h3-5,10,17H,6H2,1-2H3,(H2,16,18). The van der Waals surface area contributed by atoms with Crippen LogP contribution in [0, 0.1) is 13.8 Å². The zero-order chi connectivity index (χ0) is 13.9. The first-order valence-corrected chi connectivity index (χ1v) is 5.38. The number of amides is 1. The van der Waals surface area contributed by atoms with Gasteiger partial charge in [-0.3, -0.25) is 10.1 Å². The molecular formula is C12H15F3N2O. The molecule has 3 N–H and O–H groups in total. The molecule has 0 bridgehead atoms. The van der Waals surface area contributed by atoms with Crippen molar-refractivity contribution in [3.05, 3.63) is 34.9 Å². The first-order valence-electron chi connectivity index (χ1n) is 5.38. The normalized spacial score (nSPS) is 13.4. The van der Waals surface area contributed by atoms with Crippen LogP contribution in [0.4, 0.5) is 13.2 Å². The highest BCUT2D eigenvalue weighted by molar-refractivity contribution is 5.82. The molecule has 0 heterocycles. The van der Waals surface area contributed by atoms with Crippen LogP contribution in [0.1, 0.15) is 22.7 Å². The second-order valence-electron chi connectivity index (χ2n) is 4.12. The Bertz CT molecular complexity index is 443. The smallest absolute Gasteiger partial charge is 0.368 e. The number of alkyl halides is 3. The van der Waals surface area contributed by atoms with Gasteiger partial charge in [0.2, 0.25) is 5.91 Å². The molecule has 0 saturated carbocycles. The number of primary amides is 1. The predicted octanol–water partition coefficient (Wildman–Crippen LogP) is 1.98. The van der Waals surface area contributed by atoms with Crippen LogP contribution < -0.4 is 11.1 Å². The summed E-state index contributed by atoms with van der Waals surface area (Å²) in [6.45, 7) is 2.31. The first kappa shape index (κ1) is 14.5. The van der Waals surface area contributed by atoms with Crippen LogP contribution >= 0.6 is 0 Å². The van der Waals surface area contributed by atoms with Crippen LogP contribution in [0.25, 0.3) is 0 Å². The number of rotatable bonds is 4. The van der Waals surface area contributed by atoms with Gasteiger partial charge in [0.05, 0.1) is 6.54 Å². The van der Waals surface area contributed by atoms with E-state index >= 15 is 0 Å². The molecular weight excluding hydrogens is 245 g/mol. The summed E-state index contributed by atoms with van der Waals surface area (Å²) in [6.07, 6.45) is -4.38. The van der Waals surface area contributed by atoms with Crippen molar-refractivity contribution in [2.45, 2.75) is 26.1 Å². The van der Waals surface area contributed by atoms with Crippen molar-refractivity contribution >= 4 is 5.91 Å². The minimum absolute atomic E-state index is 0.478. The van der Waals surface area contributed by atoms with E-state index in [1.807, 2.05) is 13.0 Å². The third-order valence-corrected chi connectivity index (χ3v) is 2.75. The maximum Gasteiger partial charge on any atom is 0.401 e. The highest BCUT2D eigenvalue weighted by Crippen LogP contribution is 2.22. The second kappa shape index (κ2) is 5.39. The molecule has 1 unspecified atom stereocenters. The SMILES string of the molecule is Cc1cccc(C(NCC(F)(F)F)C(N)=O)c1C. The van der Waals surface area contributed by atoms with E-state index in [1.165, 1.54) is 0 Å². The molecule has 100 valence electrons. The van der Waals surface area contributed by atoms with Crippen molar-refractivity contribution in [3.8, 4) is 0 Å². The third-order valence-electron chi connectivity index (χ3n) is 2.75. The molecule has 1 aromatic rings. The number of aryl methyl sites for hydroxylation is 1. The van der Waals surface area contributed by atoms with Crippen LogP contribution in [0.15, 0.2) is 18.2 Å². The minimum Gasteiger partial charge on any atom is -0.368 e. The van der Waals surface area contributed by atoms with Crippen molar-refractivity contribution in [2.75, 3.05) is 6.54 Å². The van der Waals surface area contributed by atoms with E-state index < -0.39 is 24.7 Å². The van der Waals surface area contributed by atoms with E-state index in [1.54, 1.807) is 19.1 Å². The van der Waals surface area contributed by atoms with E-state index in [-0.39, 0.29) is 0 Å². The Kier molecular flexibility index (Phi) is 4.34. The monoisotopic (exact) mass is 260 g/mol. The number of hydrogen-bond acceptors (Lipinski definition) is 2. The van der Waals surface area contributed by atoms with Crippen LogP contribution in [0.3, 0.4) is 0 Å². The molecule has 0 aliphatic heterocycles. The summed E-state index contributed by atoms with van der Waals surface area (Å²) in [7, 11) is 0. The molecule has 0 fully saturated rings. The van der Waals surface area contributed by atoms with Crippen molar-refractivity contribution in [1.29, 1.82) is 0 Å². The van der Waals surface area contributed by atoms with Gasteiger partial charge < -0.3 is 5.73 Å². The second-order valence-corrected chi connectivity index (χ2v) is 4.12. The molecule has 1 atom stereocenters. The quantitative estimate of drug-likeness (QED) is 0.869. The highest BCUT2D eigenvalue weighted by Gasteiger charge is 2.30. The van der Waals surface area contributed by atoms with Crippen LogP contribution in [-0.2, 0) is 4.79 Å². The fraction of sp³-hybridized carbons (Fsp3) is 0.417. The van der Waals surface area contributed by atoms with Gasteiger partial charge in [-0.25, -0.2) is 0 Å². The van der Waals surface area contributed by atoms with E-state index in [4.69, 9.17) is 5.73 Å². The summed E-state index contributed by atoms with van der Waals surface area (Å²) >= 11 is 0. The summed E-state index contributed by atoms with van der Waals surface area (Å²) in [6, 6.07) is 3.97. The Hall–Kier alpha value is -1.56. The Morgan fingerprint density at radius 3 is 2.50 bits per heavy atom. The Morgan fingerprint density at radius 2 is 2.00 bits per heavy atom. The van der Waals surface area contributed by atoms with Gasteiger partial charge >= 0.3 is 6.18 Å². The van der Waals surface area contributed by atoms with Gasteiger partial charge in [-0.1, -0.05) is 18.2 Å². The first-order chi connectivity index (χ1) is 8.22. The molecule has 6 heteroatoms. The fourth-order valence-electron chi connectivity index (χ4n) is 1.67. The predicted molar refractivity (Wildman–Crippen MR) is 61.9 cm³/mol. The summed E-state index contributed by atoms with van der Waals surface area (Å²) < 4.78 is 36.5. The van der Waals surface area contributed by atoms with E-state index in [0.717, 1.165) is 11.1 Å². The van der Waals surface area contributed by atoms with Crippen LogP contribution in [0.5, 0.6) is 0 Å². The zero-order valence-corrected chi connectivity index (χ0v) is 10.1. The third kappa shape index (κ3) is 3.73. The van der Waals surface area contributed by atoms with Crippen molar-refractivity contribution in [1.82, 2.24) is 5.32 Å². The lowest BCUT2D eigenvalue weighted by atomic mass is 9.97.